The fourth-order valence-corrected chi connectivity index (χ4v) is 5.87. The highest BCUT2D eigenvalue weighted by atomic mass is 16.5. The van der Waals surface area contributed by atoms with Crippen molar-refractivity contribution in [3.8, 4) is 0 Å². The molecule has 0 unspecified atom stereocenters. The molecule has 0 aliphatic heterocycles. The van der Waals surface area contributed by atoms with Gasteiger partial charge in [-0.05, 0) is 92.6 Å². The molecule has 1 heteroatoms. The minimum absolute atomic E-state index is 0.819. The van der Waals surface area contributed by atoms with Gasteiger partial charge in [0.25, 0.3) is 0 Å². The molecule has 0 aromatic heterocycles. The lowest BCUT2D eigenvalue weighted by Crippen LogP contribution is -2.14. The molecule has 0 radical (unpaired) electrons. The summed E-state index contributed by atoms with van der Waals surface area (Å²) in [6.07, 6.45) is 19.7. The smallest absolute Gasteiger partial charge is 0.0462 e. The van der Waals surface area contributed by atoms with Crippen LogP contribution in [0.15, 0.2) is 24.3 Å². The number of methoxy groups -OCH3 is 1. The summed E-state index contributed by atoms with van der Waals surface area (Å²) >= 11 is 0. The third-order valence-corrected chi connectivity index (χ3v) is 7.73. The average Bonchev–Trinajstić information content (AvgIpc) is 2.75. The molecule has 1 nitrogen and oxygen atoms in total. The van der Waals surface area contributed by atoms with Crippen LogP contribution in [-0.4, -0.2) is 13.7 Å². The van der Waals surface area contributed by atoms with Crippen LogP contribution in [0.4, 0.5) is 0 Å². The van der Waals surface area contributed by atoms with Gasteiger partial charge in [0.15, 0.2) is 0 Å². The van der Waals surface area contributed by atoms with Crippen molar-refractivity contribution in [2.45, 2.75) is 109 Å². The maximum atomic E-state index is 5.16. The first-order valence-electron chi connectivity index (χ1n) is 12.4. The molecule has 0 heterocycles. The number of rotatable bonds is 10. The molecule has 1 aromatic rings. The van der Waals surface area contributed by atoms with Crippen molar-refractivity contribution in [2.24, 2.45) is 11.8 Å². The standard InChI is InChI=1S/C27H44O/c1-3-7-22-9-13-24(14-10-22)26-17-19-27(20-18-26)25-15-11-23(12-16-25)8-5-4-6-21-28-2/h17-20,22-25H,3-16,21H2,1-2H3. The van der Waals surface area contributed by atoms with Crippen LogP contribution in [0.5, 0.6) is 0 Å². The minimum Gasteiger partial charge on any atom is -0.385 e. The molecule has 0 spiro atoms. The van der Waals surface area contributed by atoms with Gasteiger partial charge in [-0.25, -0.2) is 0 Å². The number of hydrogen-bond donors (Lipinski definition) is 0. The highest BCUT2D eigenvalue weighted by Crippen LogP contribution is 2.40. The second-order valence-corrected chi connectivity index (χ2v) is 9.73. The summed E-state index contributed by atoms with van der Waals surface area (Å²) in [4.78, 5) is 0. The Morgan fingerprint density at radius 2 is 1.18 bits per heavy atom. The first-order valence-corrected chi connectivity index (χ1v) is 12.4. The van der Waals surface area contributed by atoms with Gasteiger partial charge in [0.1, 0.15) is 0 Å². The van der Waals surface area contributed by atoms with E-state index >= 15 is 0 Å². The van der Waals surface area contributed by atoms with Crippen molar-refractivity contribution in [1.29, 1.82) is 0 Å². The molecule has 28 heavy (non-hydrogen) atoms. The third-order valence-electron chi connectivity index (χ3n) is 7.73. The van der Waals surface area contributed by atoms with Crippen LogP contribution in [0.2, 0.25) is 0 Å². The summed E-state index contributed by atoms with van der Waals surface area (Å²) in [5.41, 5.74) is 3.23. The molecular formula is C27H44O. The summed E-state index contributed by atoms with van der Waals surface area (Å²) in [7, 11) is 1.81. The number of benzene rings is 1. The number of hydrogen-bond acceptors (Lipinski definition) is 1. The van der Waals surface area contributed by atoms with E-state index in [9.17, 15) is 0 Å². The molecule has 3 rings (SSSR count). The first kappa shape index (κ1) is 21.9. The highest BCUT2D eigenvalue weighted by molar-refractivity contribution is 5.28. The Morgan fingerprint density at radius 1 is 0.679 bits per heavy atom. The molecule has 0 atom stereocenters. The fraction of sp³-hybridized carbons (Fsp3) is 0.778. The van der Waals surface area contributed by atoms with Gasteiger partial charge in [-0.2, -0.15) is 0 Å². The van der Waals surface area contributed by atoms with E-state index in [-0.39, 0.29) is 0 Å². The molecule has 2 fully saturated rings. The van der Waals surface area contributed by atoms with Gasteiger partial charge in [-0.15, -0.1) is 0 Å². The summed E-state index contributed by atoms with van der Waals surface area (Å²) in [5, 5.41) is 0. The van der Waals surface area contributed by atoms with E-state index in [0.717, 1.165) is 30.3 Å². The molecule has 2 saturated carbocycles. The fourth-order valence-electron chi connectivity index (χ4n) is 5.87. The Hall–Kier alpha value is -0.820. The zero-order valence-corrected chi connectivity index (χ0v) is 18.6. The van der Waals surface area contributed by atoms with Gasteiger partial charge in [0.05, 0.1) is 0 Å². The van der Waals surface area contributed by atoms with E-state index in [0.29, 0.717) is 0 Å². The second-order valence-electron chi connectivity index (χ2n) is 9.73. The van der Waals surface area contributed by atoms with Gasteiger partial charge in [0.2, 0.25) is 0 Å². The molecule has 0 N–H and O–H groups in total. The summed E-state index contributed by atoms with van der Waals surface area (Å²) in [6, 6.07) is 9.90. The van der Waals surface area contributed by atoms with E-state index in [1.165, 1.54) is 89.9 Å². The van der Waals surface area contributed by atoms with Crippen LogP contribution in [0.25, 0.3) is 0 Å². The largest absolute Gasteiger partial charge is 0.385 e. The summed E-state index contributed by atoms with van der Waals surface area (Å²) < 4.78 is 5.16. The highest BCUT2D eigenvalue weighted by Gasteiger charge is 2.24. The lowest BCUT2D eigenvalue weighted by atomic mass is 9.75. The molecule has 0 saturated heterocycles. The molecular weight excluding hydrogens is 340 g/mol. The monoisotopic (exact) mass is 384 g/mol. The molecule has 1 aromatic carbocycles. The van der Waals surface area contributed by atoms with E-state index in [4.69, 9.17) is 4.74 Å². The third kappa shape index (κ3) is 6.61. The molecule has 0 bridgehead atoms. The molecule has 2 aliphatic rings. The van der Waals surface area contributed by atoms with Crippen molar-refractivity contribution in [2.75, 3.05) is 13.7 Å². The zero-order valence-electron chi connectivity index (χ0n) is 18.6. The Morgan fingerprint density at radius 3 is 1.64 bits per heavy atom. The van der Waals surface area contributed by atoms with E-state index in [2.05, 4.69) is 31.2 Å². The lowest BCUT2D eigenvalue weighted by molar-refractivity contribution is 0.190. The van der Waals surface area contributed by atoms with Crippen molar-refractivity contribution in [1.82, 2.24) is 0 Å². The second kappa shape index (κ2) is 12.0. The maximum Gasteiger partial charge on any atom is 0.0462 e. The first-order chi connectivity index (χ1) is 13.8. The quantitative estimate of drug-likeness (QED) is 0.369. The van der Waals surface area contributed by atoms with Crippen LogP contribution in [0.3, 0.4) is 0 Å². The molecule has 158 valence electrons. The van der Waals surface area contributed by atoms with Crippen LogP contribution < -0.4 is 0 Å². The Balaban J connectivity index is 1.39. The van der Waals surface area contributed by atoms with Crippen LogP contribution in [0, 0.1) is 11.8 Å². The van der Waals surface area contributed by atoms with Crippen molar-refractivity contribution in [3.05, 3.63) is 35.4 Å². The SMILES string of the molecule is CCCC1CCC(c2ccc(C3CCC(CCCCCOC)CC3)cc2)CC1. The van der Waals surface area contributed by atoms with Gasteiger partial charge in [-0.1, -0.05) is 63.3 Å². The van der Waals surface area contributed by atoms with Crippen LogP contribution >= 0.6 is 0 Å². The Labute approximate surface area is 174 Å². The van der Waals surface area contributed by atoms with E-state index < -0.39 is 0 Å². The maximum absolute atomic E-state index is 5.16. The van der Waals surface area contributed by atoms with Gasteiger partial charge in [0, 0.05) is 13.7 Å². The summed E-state index contributed by atoms with van der Waals surface area (Å²) in [5.74, 6) is 3.64. The average molecular weight is 385 g/mol. The zero-order chi connectivity index (χ0) is 19.6. The van der Waals surface area contributed by atoms with E-state index in [1.807, 2.05) is 7.11 Å². The summed E-state index contributed by atoms with van der Waals surface area (Å²) in [6.45, 7) is 3.27. The topological polar surface area (TPSA) is 9.23 Å². The van der Waals surface area contributed by atoms with E-state index in [1.54, 1.807) is 11.1 Å². The number of ether oxygens (including phenoxy) is 1. The number of unbranched alkanes of at least 4 members (excludes halogenated alkanes) is 2. The van der Waals surface area contributed by atoms with Gasteiger partial charge in [-0.3, -0.25) is 0 Å². The van der Waals surface area contributed by atoms with Gasteiger partial charge >= 0.3 is 0 Å². The minimum atomic E-state index is 0.819. The van der Waals surface area contributed by atoms with Crippen LogP contribution in [0.1, 0.15) is 120 Å². The lowest BCUT2D eigenvalue weighted by Gasteiger charge is -2.30. The van der Waals surface area contributed by atoms with Gasteiger partial charge < -0.3 is 4.74 Å². The van der Waals surface area contributed by atoms with Crippen LogP contribution in [-0.2, 0) is 4.74 Å². The Bertz CT molecular complexity index is 518. The predicted octanol–water partition coefficient (Wildman–Crippen LogP) is 8.24. The normalized spacial score (nSPS) is 28.4. The molecule has 0 amide bonds. The Kier molecular flexibility index (Phi) is 9.38. The predicted molar refractivity (Wildman–Crippen MR) is 121 cm³/mol. The van der Waals surface area contributed by atoms with Crippen molar-refractivity contribution >= 4 is 0 Å². The molecule has 2 aliphatic carbocycles. The van der Waals surface area contributed by atoms with Crippen molar-refractivity contribution < 1.29 is 4.74 Å². The van der Waals surface area contributed by atoms with Crippen molar-refractivity contribution in [3.63, 3.8) is 0 Å².